The number of rotatable bonds is 2. The first-order chi connectivity index (χ1) is 8.19. The molecule has 0 spiro atoms. The van der Waals surface area contributed by atoms with Crippen LogP contribution in [0.15, 0.2) is 11.4 Å². The first-order valence-electron chi connectivity index (χ1n) is 5.46. The first kappa shape index (κ1) is 10.8. The van der Waals surface area contributed by atoms with Crippen LogP contribution < -0.4 is 5.73 Å². The average Bonchev–Trinajstić information content (AvgIpc) is 2.61. The summed E-state index contributed by atoms with van der Waals surface area (Å²) in [6, 6.07) is 0.306. The van der Waals surface area contributed by atoms with E-state index < -0.39 is 0 Å². The summed E-state index contributed by atoms with van der Waals surface area (Å²) in [5, 5.41) is 11.2. The molecule has 17 heavy (non-hydrogen) atoms. The minimum absolute atomic E-state index is 0.00191. The van der Waals surface area contributed by atoms with Crippen LogP contribution in [0.3, 0.4) is 0 Å². The number of imidazole rings is 1. The fourth-order valence-electron chi connectivity index (χ4n) is 2.25. The molecule has 2 heterocycles. The molecule has 1 radical (unpaired) electrons. The number of hydrogen-bond donors (Lipinski definition) is 2. The molecule has 7 heteroatoms. The second kappa shape index (κ2) is 3.85. The lowest BCUT2D eigenvalue weighted by Crippen LogP contribution is -2.28. The fourth-order valence-corrected chi connectivity index (χ4v) is 2.51. The summed E-state index contributed by atoms with van der Waals surface area (Å²) in [5.74, 6) is 0.482. The van der Waals surface area contributed by atoms with Crippen LogP contribution in [0.4, 0.5) is 5.95 Å². The van der Waals surface area contributed by atoms with Crippen molar-refractivity contribution in [2.45, 2.75) is 23.9 Å². The Bertz CT molecular complexity index is 563. The molecule has 0 aliphatic heterocycles. The second-order valence-electron chi connectivity index (χ2n) is 4.39. The average molecular weight is 250 g/mol. The molecule has 0 unspecified atom stereocenters. The Labute approximate surface area is 103 Å². The highest BCUT2D eigenvalue weighted by Gasteiger charge is 2.31. The van der Waals surface area contributed by atoms with Gasteiger partial charge in [0.2, 0.25) is 5.95 Å². The number of anilines is 1. The first-order valence-corrected chi connectivity index (χ1v) is 5.91. The predicted molar refractivity (Wildman–Crippen MR) is 64.3 cm³/mol. The van der Waals surface area contributed by atoms with E-state index in [2.05, 4.69) is 27.6 Å². The van der Waals surface area contributed by atoms with Crippen molar-refractivity contribution in [3.8, 4) is 0 Å². The zero-order valence-electron chi connectivity index (χ0n) is 9.08. The van der Waals surface area contributed by atoms with E-state index in [1.54, 1.807) is 6.33 Å². The summed E-state index contributed by atoms with van der Waals surface area (Å²) in [6.07, 6.45) is 3.51. The molecular formula is C10H12N5OS. The number of nitrogens with two attached hydrogens (primary N) is 1. The molecule has 6 nitrogen and oxygen atoms in total. The van der Waals surface area contributed by atoms with Gasteiger partial charge >= 0.3 is 0 Å². The Hall–Kier alpha value is -1.34. The van der Waals surface area contributed by atoms with Gasteiger partial charge in [-0.1, -0.05) is 0 Å². The van der Waals surface area contributed by atoms with Crippen LogP contribution in [0, 0.1) is 5.92 Å². The van der Waals surface area contributed by atoms with Crippen LogP contribution in [0.25, 0.3) is 11.2 Å². The largest absolute Gasteiger partial charge is 0.368 e. The number of aromatic nitrogens is 4. The normalized spacial score (nSPS) is 23.9. The number of thiol groups is 1. The zero-order valence-corrected chi connectivity index (χ0v) is 9.97. The molecule has 0 aromatic carbocycles. The molecular weight excluding hydrogens is 238 g/mol. The lowest BCUT2D eigenvalue weighted by molar-refractivity contribution is 0.0694. The molecule has 2 aromatic heterocycles. The van der Waals surface area contributed by atoms with Crippen LogP contribution >= 0.6 is 12.6 Å². The van der Waals surface area contributed by atoms with E-state index in [9.17, 15) is 5.11 Å². The maximum Gasteiger partial charge on any atom is 0.223 e. The second-order valence-corrected chi connectivity index (χ2v) is 4.81. The van der Waals surface area contributed by atoms with Gasteiger partial charge < -0.3 is 10.3 Å². The van der Waals surface area contributed by atoms with Gasteiger partial charge in [-0.05, 0) is 18.8 Å². The molecule has 89 valence electrons. The molecule has 3 rings (SSSR count). The SMILES string of the molecule is Nc1nc(S)c2ncn([C@H]3C[C@@H](C[O])C3)c2n1. The van der Waals surface area contributed by atoms with Crippen molar-refractivity contribution in [1.29, 1.82) is 0 Å². The summed E-state index contributed by atoms with van der Waals surface area (Å²) in [5.41, 5.74) is 6.97. The molecule has 1 aliphatic rings. The molecule has 2 aromatic rings. The van der Waals surface area contributed by atoms with Gasteiger partial charge in [0.15, 0.2) is 5.65 Å². The van der Waals surface area contributed by atoms with Crippen molar-refractivity contribution in [3.63, 3.8) is 0 Å². The van der Waals surface area contributed by atoms with E-state index >= 15 is 0 Å². The molecule has 0 saturated heterocycles. The molecule has 2 N–H and O–H groups in total. The van der Waals surface area contributed by atoms with E-state index in [4.69, 9.17) is 5.73 Å². The lowest BCUT2D eigenvalue weighted by Gasteiger charge is -2.34. The monoisotopic (exact) mass is 250 g/mol. The highest BCUT2D eigenvalue weighted by molar-refractivity contribution is 7.80. The van der Waals surface area contributed by atoms with Crippen molar-refractivity contribution in [2.75, 3.05) is 12.3 Å². The van der Waals surface area contributed by atoms with Crippen LogP contribution in [0.1, 0.15) is 18.9 Å². The maximum atomic E-state index is 10.7. The molecule has 0 bridgehead atoms. The topological polar surface area (TPSA) is 89.5 Å². The van der Waals surface area contributed by atoms with Gasteiger partial charge in [0.05, 0.1) is 12.9 Å². The number of nitrogens with zero attached hydrogens (tertiary/aromatic N) is 4. The van der Waals surface area contributed by atoms with E-state index in [-0.39, 0.29) is 18.5 Å². The highest BCUT2D eigenvalue weighted by atomic mass is 32.1. The molecule has 1 aliphatic carbocycles. The minimum atomic E-state index is -0.00191. The predicted octanol–water partition coefficient (Wildman–Crippen LogP) is 1.08. The summed E-state index contributed by atoms with van der Waals surface area (Å²) < 4.78 is 1.97. The Balaban J connectivity index is 2.01. The van der Waals surface area contributed by atoms with Crippen molar-refractivity contribution in [3.05, 3.63) is 6.33 Å². The van der Waals surface area contributed by atoms with Gasteiger partial charge in [0.1, 0.15) is 10.5 Å². The fraction of sp³-hybridized carbons (Fsp3) is 0.500. The summed E-state index contributed by atoms with van der Waals surface area (Å²) in [7, 11) is 0. The van der Waals surface area contributed by atoms with Gasteiger partial charge in [0, 0.05) is 6.04 Å². The molecule has 1 saturated carbocycles. The Morgan fingerprint density at radius 3 is 2.94 bits per heavy atom. The van der Waals surface area contributed by atoms with E-state index in [1.165, 1.54) is 0 Å². The number of hydrogen-bond acceptors (Lipinski definition) is 5. The van der Waals surface area contributed by atoms with Crippen LogP contribution in [-0.4, -0.2) is 26.1 Å². The van der Waals surface area contributed by atoms with Crippen molar-refractivity contribution >= 4 is 29.7 Å². The Morgan fingerprint density at radius 1 is 1.47 bits per heavy atom. The van der Waals surface area contributed by atoms with Gasteiger partial charge in [0.25, 0.3) is 0 Å². The van der Waals surface area contributed by atoms with Gasteiger partial charge in [-0.2, -0.15) is 4.98 Å². The van der Waals surface area contributed by atoms with E-state index in [0.29, 0.717) is 22.2 Å². The molecule has 0 amide bonds. The lowest BCUT2D eigenvalue weighted by atomic mass is 9.81. The summed E-state index contributed by atoms with van der Waals surface area (Å²) in [4.78, 5) is 12.4. The quantitative estimate of drug-likeness (QED) is 0.616. The van der Waals surface area contributed by atoms with Crippen LogP contribution in [0.5, 0.6) is 0 Å². The van der Waals surface area contributed by atoms with Gasteiger partial charge in [-0.25, -0.2) is 15.1 Å². The highest BCUT2D eigenvalue weighted by Crippen LogP contribution is 2.39. The number of fused-ring (bicyclic) bond motifs is 1. The van der Waals surface area contributed by atoms with Gasteiger partial charge in [-0.3, -0.25) is 0 Å². The van der Waals surface area contributed by atoms with Crippen molar-refractivity contribution < 1.29 is 5.11 Å². The van der Waals surface area contributed by atoms with Crippen LogP contribution in [0.2, 0.25) is 0 Å². The summed E-state index contributed by atoms with van der Waals surface area (Å²) in [6.45, 7) is -0.00191. The third-order valence-corrected chi connectivity index (χ3v) is 3.57. The maximum absolute atomic E-state index is 10.7. The molecule has 0 atom stereocenters. The van der Waals surface area contributed by atoms with Crippen molar-refractivity contribution in [2.24, 2.45) is 5.92 Å². The zero-order chi connectivity index (χ0) is 12.0. The van der Waals surface area contributed by atoms with Crippen molar-refractivity contribution in [1.82, 2.24) is 19.5 Å². The Morgan fingerprint density at radius 2 is 2.24 bits per heavy atom. The van der Waals surface area contributed by atoms with E-state index in [1.807, 2.05) is 4.57 Å². The third kappa shape index (κ3) is 1.66. The standard InChI is InChI=1S/C10H12N5OS/c11-10-13-8-7(9(17)14-10)12-4-15(8)6-1-5(2-6)3-16/h4-6H,1-3H2,(H3,11,13,14,17)/t5-,6+. The number of nitrogen functional groups attached to an aromatic ring is 1. The smallest absolute Gasteiger partial charge is 0.223 e. The minimum Gasteiger partial charge on any atom is -0.368 e. The van der Waals surface area contributed by atoms with E-state index in [0.717, 1.165) is 12.8 Å². The third-order valence-electron chi connectivity index (χ3n) is 3.26. The Kier molecular flexibility index (Phi) is 2.44. The molecule has 1 fully saturated rings. The van der Waals surface area contributed by atoms with Crippen LogP contribution in [-0.2, 0) is 5.11 Å². The van der Waals surface area contributed by atoms with Gasteiger partial charge in [-0.15, -0.1) is 12.6 Å². The summed E-state index contributed by atoms with van der Waals surface area (Å²) >= 11 is 4.23.